The molecule has 6 heteroatoms. The molecule has 0 radical (unpaired) electrons. The van der Waals surface area contributed by atoms with Crippen molar-refractivity contribution in [1.82, 2.24) is 14.9 Å². The van der Waals surface area contributed by atoms with Crippen LogP contribution in [-0.2, 0) is 0 Å². The lowest BCUT2D eigenvalue weighted by Gasteiger charge is -2.29. The van der Waals surface area contributed by atoms with Gasteiger partial charge in [-0.1, -0.05) is 39.7 Å². The molecule has 0 unspecified atom stereocenters. The van der Waals surface area contributed by atoms with Gasteiger partial charge < -0.3 is 14.8 Å². The topological polar surface area (TPSA) is 33.1 Å². The molecule has 2 atom stereocenters. The number of thiocarbonyl (C=S) groups is 1. The molecular formula is C25H21BrN4S. The molecule has 4 aromatic rings. The Morgan fingerprint density at radius 2 is 1.65 bits per heavy atom. The number of nitrogens with one attached hydrogen (secondary N) is 1. The third kappa shape index (κ3) is 3.77. The Kier molecular flexibility index (Phi) is 5.34. The molecule has 1 aliphatic heterocycles. The van der Waals surface area contributed by atoms with Crippen LogP contribution in [0.25, 0.3) is 5.69 Å². The third-order valence-corrected chi connectivity index (χ3v) is 6.44. The van der Waals surface area contributed by atoms with Gasteiger partial charge in [-0.3, -0.25) is 4.98 Å². The number of anilines is 1. The number of nitrogens with zero attached hydrogens (tertiary/aromatic N) is 3. The van der Waals surface area contributed by atoms with Gasteiger partial charge >= 0.3 is 0 Å². The fraction of sp³-hybridized carbons (Fsp3) is 0.120. The predicted octanol–water partition coefficient (Wildman–Crippen LogP) is 6.12. The van der Waals surface area contributed by atoms with E-state index in [1.54, 1.807) is 0 Å². The number of aromatic nitrogens is 2. The van der Waals surface area contributed by atoms with E-state index in [2.05, 4.69) is 103 Å². The largest absolute Gasteiger partial charge is 0.351 e. The van der Waals surface area contributed by atoms with Crippen LogP contribution in [0.5, 0.6) is 0 Å². The van der Waals surface area contributed by atoms with Crippen molar-refractivity contribution in [2.24, 2.45) is 0 Å². The summed E-state index contributed by atoms with van der Waals surface area (Å²) in [5, 5.41) is 4.22. The van der Waals surface area contributed by atoms with Gasteiger partial charge in [-0.15, -0.1) is 0 Å². The van der Waals surface area contributed by atoms with Gasteiger partial charge in [-0.25, -0.2) is 0 Å². The summed E-state index contributed by atoms with van der Waals surface area (Å²) in [7, 11) is 0. The van der Waals surface area contributed by atoms with Crippen LogP contribution in [0, 0.1) is 6.92 Å². The zero-order chi connectivity index (χ0) is 21.4. The quantitative estimate of drug-likeness (QED) is 0.350. The van der Waals surface area contributed by atoms with E-state index in [0.717, 1.165) is 27.2 Å². The fourth-order valence-electron chi connectivity index (χ4n) is 4.11. The molecule has 1 saturated heterocycles. The fourth-order valence-corrected chi connectivity index (χ4v) is 4.72. The molecule has 1 aliphatic rings. The summed E-state index contributed by atoms with van der Waals surface area (Å²) in [6.45, 7) is 2.10. The zero-order valence-corrected chi connectivity index (χ0v) is 19.3. The molecular weight excluding hydrogens is 468 g/mol. The van der Waals surface area contributed by atoms with Crippen LogP contribution in [-0.4, -0.2) is 14.7 Å². The Morgan fingerprint density at radius 1 is 0.903 bits per heavy atom. The van der Waals surface area contributed by atoms with Gasteiger partial charge in [0.1, 0.15) is 6.04 Å². The minimum atomic E-state index is -0.0727. The number of hydrogen-bond acceptors (Lipinski definition) is 2. The molecule has 2 aromatic carbocycles. The maximum atomic E-state index is 5.83. The standard InChI is InChI=1S/C25H21BrN4S/c1-17-7-11-19(12-8-17)29-16-4-6-22(29)24-23(21-5-2-3-15-27-21)28-25(31)30(24)20-13-9-18(26)10-14-20/h2-16,23-24H,1H3,(H,28,31)/t23-,24-/m0/s1. The molecule has 0 aliphatic carbocycles. The molecule has 31 heavy (non-hydrogen) atoms. The monoisotopic (exact) mass is 488 g/mol. The first-order chi connectivity index (χ1) is 15.1. The first-order valence-electron chi connectivity index (χ1n) is 10.1. The molecule has 5 rings (SSSR count). The summed E-state index contributed by atoms with van der Waals surface area (Å²) >= 11 is 9.37. The van der Waals surface area contributed by atoms with Crippen LogP contribution < -0.4 is 10.2 Å². The lowest BCUT2D eigenvalue weighted by molar-refractivity contribution is 0.549. The number of rotatable bonds is 4. The second kappa shape index (κ2) is 8.29. The number of hydrogen-bond donors (Lipinski definition) is 1. The van der Waals surface area contributed by atoms with E-state index in [-0.39, 0.29) is 12.1 Å². The van der Waals surface area contributed by atoms with Crippen molar-refractivity contribution in [2.45, 2.75) is 19.0 Å². The average molecular weight is 489 g/mol. The van der Waals surface area contributed by atoms with Crippen LogP contribution >= 0.6 is 28.1 Å². The van der Waals surface area contributed by atoms with E-state index in [9.17, 15) is 0 Å². The van der Waals surface area contributed by atoms with Crippen molar-refractivity contribution in [1.29, 1.82) is 0 Å². The van der Waals surface area contributed by atoms with E-state index >= 15 is 0 Å². The predicted molar refractivity (Wildman–Crippen MR) is 133 cm³/mol. The minimum Gasteiger partial charge on any atom is -0.351 e. The van der Waals surface area contributed by atoms with Crippen molar-refractivity contribution < 1.29 is 0 Å². The number of pyridine rings is 1. The van der Waals surface area contributed by atoms with E-state index < -0.39 is 0 Å². The summed E-state index contributed by atoms with van der Waals surface area (Å²) < 4.78 is 3.27. The highest BCUT2D eigenvalue weighted by Gasteiger charge is 2.42. The van der Waals surface area contributed by atoms with Crippen LogP contribution in [0.15, 0.2) is 95.7 Å². The lowest BCUT2D eigenvalue weighted by Crippen LogP contribution is -2.30. The lowest BCUT2D eigenvalue weighted by atomic mass is 10.0. The summed E-state index contributed by atoms with van der Waals surface area (Å²) in [5.74, 6) is 0. The van der Waals surface area contributed by atoms with E-state index in [4.69, 9.17) is 12.2 Å². The molecule has 3 heterocycles. The Bertz CT molecular complexity index is 1200. The molecule has 0 spiro atoms. The summed E-state index contributed by atoms with van der Waals surface area (Å²) in [6, 6.07) is 27.0. The highest BCUT2D eigenvalue weighted by molar-refractivity contribution is 9.10. The van der Waals surface area contributed by atoms with Crippen molar-refractivity contribution in [3.05, 3.63) is 113 Å². The van der Waals surface area contributed by atoms with Crippen molar-refractivity contribution >= 4 is 38.9 Å². The Labute approximate surface area is 195 Å². The van der Waals surface area contributed by atoms with Crippen LogP contribution in [0.2, 0.25) is 0 Å². The van der Waals surface area contributed by atoms with Crippen LogP contribution in [0.4, 0.5) is 5.69 Å². The van der Waals surface area contributed by atoms with Gasteiger partial charge in [0.2, 0.25) is 0 Å². The average Bonchev–Trinajstić information content (AvgIpc) is 3.40. The summed E-state index contributed by atoms with van der Waals surface area (Å²) in [4.78, 5) is 6.84. The number of halogens is 1. The normalized spacial score (nSPS) is 18.3. The molecule has 1 N–H and O–H groups in total. The van der Waals surface area contributed by atoms with E-state index in [1.807, 2.05) is 30.5 Å². The number of benzene rings is 2. The van der Waals surface area contributed by atoms with E-state index in [0.29, 0.717) is 5.11 Å². The maximum Gasteiger partial charge on any atom is 0.174 e. The Hall–Kier alpha value is -2.96. The molecule has 1 fully saturated rings. The molecule has 154 valence electrons. The second-order valence-electron chi connectivity index (χ2n) is 7.61. The van der Waals surface area contributed by atoms with Crippen LogP contribution in [0.3, 0.4) is 0 Å². The van der Waals surface area contributed by atoms with Gasteiger partial charge in [0.25, 0.3) is 0 Å². The van der Waals surface area contributed by atoms with Crippen molar-refractivity contribution in [3.63, 3.8) is 0 Å². The Balaban J connectivity index is 1.66. The first kappa shape index (κ1) is 20.0. The molecule has 4 nitrogen and oxygen atoms in total. The third-order valence-electron chi connectivity index (χ3n) is 5.60. The second-order valence-corrected chi connectivity index (χ2v) is 8.91. The molecule has 0 bridgehead atoms. The number of aryl methyl sites for hydroxylation is 1. The molecule has 2 aromatic heterocycles. The molecule has 0 saturated carbocycles. The SMILES string of the molecule is Cc1ccc(-n2cccc2[C@H]2[C@H](c3ccccn3)NC(=S)N2c2ccc(Br)cc2)cc1. The Morgan fingerprint density at radius 3 is 2.35 bits per heavy atom. The van der Waals surface area contributed by atoms with Gasteiger partial charge in [-0.2, -0.15) is 0 Å². The van der Waals surface area contributed by atoms with Gasteiger partial charge in [-0.05, 0) is 79.8 Å². The highest BCUT2D eigenvalue weighted by Crippen LogP contribution is 2.42. The van der Waals surface area contributed by atoms with Gasteiger partial charge in [0.05, 0.1) is 11.7 Å². The zero-order valence-electron chi connectivity index (χ0n) is 16.9. The van der Waals surface area contributed by atoms with Crippen molar-refractivity contribution in [3.8, 4) is 5.69 Å². The maximum absolute atomic E-state index is 5.83. The summed E-state index contributed by atoms with van der Waals surface area (Å²) in [5.41, 5.74) is 5.52. The minimum absolute atomic E-state index is 0.0557. The first-order valence-corrected chi connectivity index (χ1v) is 11.3. The summed E-state index contributed by atoms with van der Waals surface area (Å²) in [6.07, 6.45) is 3.94. The van der Waals surface area contributed by atoms with Gasteiger partial charge in [0, 0.05) is 33.9 Å². The highest BCUT2D eigenvalue weighted by atomic mass is 79.9. The van der Waals surface area contributed by atoms with Crippen LogP contribution in [0.1, 0.15) is 29.0 Å². The smallest absolute Gasteiger partial charge is 0.174 e. The van der Waals surface area contributed by atoms with E-state index in [1.165, 1.54) is 5.56 Å². The van der Waals surface area contributed by atoms with Crippen molar-refractivity contribution in [2.75, 3.05) is 4.90 Å². The van der Waals surface area contributed by atoms with Gasteiger partial charge in [0.15, 0.2) is 5.11 Å². The molecule has 0 amide bonds.